The summed E-state index contributed by atoms with van der Waals surface area (Å²) in [6.45, 7) is 1.93. The van der Waals surface area contributed by atoms with Crippen LogP contribution in [0.2, 0.25) is 0 Å². The van der Waals surface area contributed by atoms with Gasteiger partial charge in [-0.05, 0) is 38.2 Å². The Morgan fingerprint density at radius 3 is 2.44 bits per heavy atom. The fourth-order valence-corrected chi connectivity index (χ4v) is 4.40. The van der Waals surface area contributed by atoms with Gasteiger partial charge in [-0.1, -0.05) is 0 Å². The number of hydrogen-bond donors (Lipinski definition) is 4. The molecule has 1 aliphatic carbocycles. The highest BCUT2D eigenvalue weighted by Gasteiger charge is 2.48. The number of nitrogens with one attached hydrogen (secondary N) is 3. The maximum atomic E-state index is 14.0. The molecule has 5 N–H and O–H groups in total. The van der Waals surface area contributed by atoms with E-state index in [1.807, 2.05) is 0 Å². The maximum absolute atomic E-state index is 14.0. The van der Waals surface area contributed by atoms with Crippen LogP contribution in [0.4, 0.5) is 18.9 Å². The van der Waals surface area contributed by atoms with Crippen LogP contribution in [0, 0.1) is 24.4 Å². The first-order chi connectivity index (χ1) is 16.1. The molecule has 1 fully saturated rings. The average Bonchev–Trinajstić information content (AvgIpc) is 3.32. The number of fused-ring (bicyclic) bond motifs is 1. The van der Waals surface area contributed by atoms with E-state index in [2.05, 4.69) is 16.0 Å². The van der Waals surface area contributed by atoms with Crippen molar-refractivity contribution in [3.05, 3.63) is 64.0 Å². The molecule has 2 heterocycles. The third-order valence-electron chi connectivity index (χ3n) is 6.27. The van der Waals surface area contributed by atoms with Gasteiger partial charge in [0.25, 0.3) is 17.6 Å². The molecule has 1 saturated carbocycles. The highest BCUT2D eigenvalue weighted by molar-refractivity contribution is 6.44. The summed E-state index contributed by atoms with van der Waals surface area (Å²) in [6, 6.07) is 0.880. The smallest absolute Gasteiger partial charge is 0.293 e. The number of rotatable bonds is 7. The predicted octanol–water partition coefficient (Wildman–Crippen LogP) is 2.26. The van der Waals surface area contributed by atoms with E-state index in [-0.39, 0.29) is 16.8 Å². The Kier molecular flexibility index (Phi) is 5.88. The van der Waals surface area contributed by atoms with Crippen LogP contribution in [-0.4, -0.2) is 34.8 Å². The largest absolute Gasteiger partial charge is 0.399 e. The van der Waals surface area contributed by atoms with Gasteiger partial charge in [0, 0.05) is 37.6 Å². The van der Waals surface area contributed by atoms with Crippen molar-refractivity contribution in [2.24, 2.45) is 5.73 Å². The van der Waals surface area contributed by atoms with Crippen LogP contribution in [0.15, 0.2) is 24.0 Å². The number of anilines is 1. The number of ketones is 1. The van der Waals surface area contributed by atoms with Crippen molar-refractivity contribution >= 4 is 23.3 Å². The summed E-state index contributed by atoms with van der Waals surface area (Å²) >= 11 is 0. The lowest BCUT2D eigenvalue weighted by atomic mass is 10.0. The standard InChI is InChI=1S/C23H24F3N5O3/c1-11-18(20(32)22(34)30-23(5-6-23)17(27)10-28-2)16-4-3-7-31(16)19(11)21(33)29-15-9-13(25)12(24)8-14(15)26/h8-10,28H,3-7,27H2,1-2H3,(H,29,33)(H,30,34). The van der Waals surface area contributed by atoms with Crippen LogP contribution >= 0.6 is 0 Å². The predicted molar refractivity (Wildman–Crippen MR) is 118 cm³/mol. The zero-order chi connectivity index (χ0) is 24.8. The maximum Gasteiger partial charge on any atom is 0.293 e. The van der Waals surface area contributed by atoms with Crippen LogP contribution in [-0.2, 0) is 17.8 Å². The quantitative estimate of drug-likeness (QED) is 0.278. The van der Waals surface area contributed by atoms with E-state index in [0.29, 0.717) is 55.8 Å². The highest BCUT2D eigenvalue weighted by atomic mass is 19.2. The van der Waals surface area contributed by atoms with E-state index in [9.17, 15) is 27.6 Å². The van der Waals surface area contributed by atoms with Crippen molar-refractivity contribution in [1.29, 1.82) is 0 Å². The number of benzene rings is 1. The summed E-state index contributed by atoms with van der Waals surface area (Å²) in [5, 5.41) is 7.74. The van der Waals surface area contributed by atoms with Crippen molar-refractivity contribution < 1.29 is 27.6 Å². The summed E-state index contributed by atoms with van der Waals surface area (Å²) in [4.78, 5) is 39.0. The summed E-state index contributed by atoms with van der Waals surface area (Å²) in [6.07, 6.45) is 3.85. The van der Waals surface area contributed by atoms with Gasteiger partial charge < -0.3 is 26.3 Å². The molecule has 0 atom stereocenters. The molecule has 0 bridgehead atoms. The fraction of sp³-hybridized carbons (Fsp3) is 0.348. The zero-order valence-electron chi connectivity index (χ0n) is 18.7. The number of nitrogens with zero attached hydrogens (tertiary/aromatic N) is 1. The molecule has 8 nitrogen and oxygen atoms in total. The molecule has 180 valence electrons. The Morgan fingerprint density at radius 2 is 1.79 bits per heavy atom. The molecule has 1 aromatic carbocycles. The molecule has 1 aromatic heterocycles. The van der Waals surface area contributed by atoms with Crippen LogP contribution < -0.4 is 21.7 Å². The van der Waals surface area contributed by atoms with Gasteiger partial charge in [0.15, 0.2) is 11.6 Å². The van der Waals surface area contributed by atoms with E-state index in [0.717, 1.165) is 0 Å². The first-order valence-electron chi connectivity index (χ1n) is 10.8. The number of carbonyl (C=O) groups is 3. The number of halogens is 3. The topological polar surface area (TPSA) is 118 Å². The van der Waals surface area contributed by atoms with Crippen LogP contribution in [0.5, 0.6) is 0 Å². The number of amides is 2. The van der Waals surface area contributed by atoms with Crippen LogP contribution in [0.1, 0.15) is 51.4 Å². The van der Waals surface area contributed by atoms with Gasteiger partial charge in [-0.2, -0.15) is 0 Å². The van der Waals surface area contributed by atoms with E-state index < -0.39 is 46.3 Å². The highest BCUT2D eigenvalue weighted by Crippen LogP contribution is 2.40. The molecule has 11 heteroatoms. The Labute approximate surface area is 193 Å². The molecule has 1 aliphatic heterocycles. The first kappa shape index (κ1) is 23.4. The molecule has 4 rings (SSSR count). The van der Waals surface area contributed by atoms with Gasteiger partial charge in [-0.3, -0.25) is 14.4 Å². The van der Waals surface area contributed by atoms with E-state index in [4.69, 9.17) is 5.73 Å². The summed E-state index contributed by atoms with van der Waals surface area (Å²) in [5.74, 6) is -6.29. The Bertz CT molecular complexity index is 1250. The van der Waals surface area contributed by atoms with Crippen LogP contribution in [0.3, 0.4) is 0 Å². The van der Waals surface area contributed by atoms with Gasteiger partial charge in [0.1, 0.15) is 11.5 Å². The lowest BCUT2D eigenvalue weighted by molar-refractivity contribution is -0.117. The van der Waals surface area contributed by atoms with Crippen molar-refractivity contribution in [2.75, 3.05) is 12.4 Å². The molecule has 0 radical (unpaired) electrons. The lowest BCUT2D eigenvalue weighted by Crippen LogP contribution is -2.44. The van der Waals surface area contributed by atoms with E-state index >= 15 is 0 Å². The third-order valence-corrected chi connectivity index (χ3v) is 6.27. The second-order valence-electron chi connectivity index (χ2n) is 8.50. The van der Waals surface area contributed by atoms with E-state index in [1.54, 1.807) is 17.8 Å². The summed E-state index contributed by atoms with van der Waals surface area (Å²) in [5.41, 5.74) is 6.05. The molecule has 34 heavy (non-hydrogen) atoms. The number of hydrogen-bond acceptors (Lipinski definition) is 5. The molecule has 0 saturated heterocycles. The normalized spacial score (nSPS) is 16.1. The molecule has 2 amide bonds. The summed E-state index contributed by atoms with van der Waals surface area (Å²) in [7, 11) is 1.67. The van der Waals surface area contributed by atoms with Gasteiger partial charge in [0.2, 0.25) is 0 Å². The minimum Gasteiger partial charge on any atom is -0.399 e. The fourth-order valence-electron chi connectivity index (χ4n) is 4.40. The molecular weight excluding hydrogens is 451 g/mol. The van der Waals surface area contributed by atoms with Crippen LogP contribution in [0.25, 0.3) is 0 Å². The van der Waals surface area contributed by atoms with Crippen molar-refractivity contribution in [1.82, 2.24) is 15.2 Å². The van der Waals surface area contributed by atoms with Gasteiger partial charge in [-0.15, -0.1) is 0 Å². The number of Topliss-reactive ketones (excluding diaryl/α,β-unsaturated/α-hetero) is 1. The molecule has 2 aliphatic rings. The second-order valence-corrected chi connectivity index (χ2v) is 8.50. The molecule has 2 aromatic rings. The second kappa shape index (κ2) is 8.54. The summed E-state index contributed by atoms with van der Waals surface area (Å²) < 4.78 is 42.4. The number of nitrogens with two attached hydrogens (primary N) is 1. The minimum absolute atomic E-state index is 0.0588. The van der Waals surface area contributed by atoms with Gasteiger partial charge in [-0.25, -0.2) is 13.2 Å². The third kappa shape index (κ3) is 3.91. The average molecular weight is 475 g/mol. The lowest BCUT2D eigenvalue weighted by Gasteiger charge is -2.17. The van der Waals surface area contributed by atoms with Crippen molar-refractivity contribution in [3.8, 4) is 0 Å². The SMILES string of the molecule is CNC=C(N)C1(NC(=O)C(=O)c2c(C)c(C(=O)Nc3cc(F)c(F)cc3F)n3c2CCC3)CC1. The van der Waals surface area contributed by atoms with Gasteiger partial charge in [0.05, 0.1) is 22.5 Å². The number of carbonyl (C=O) groups excluding carboxylic acids is 3. The Morgan fingerprint density at radius 1 is 1.12 bits per heavy atom. The minimum atomic E-state index is -1.38. The van der Waals surface area contributed by atoms with Gasteiger partial charge >= 0.3 is 0 Å². The zero-order valence-corrected chi connectivity index (χ0v) is 18.7. The monoisotopic (exact) mass is 475 g/mol. The molecule has 0 spiro atoms. The van der Waals surface area contributed by atoms with Crippen molar-refractivity contribution in [2.45, 2.75) is 44.7 Å². The Balaban J connectivity index is 1.63. The first-order valence-corrected chi connectivity index (χ1v) is 10.8. The molecule has 0 unspecified atom stereocenters. The van der Waals surface area contributed by atoms with Crippen molar-refractivity contribution in [3.63, 3.8) is 0 Å². The number of aromatic nitrogens is 1. The van der Waals surface area contributed by atoms with E-state index in [1.165, 1.54) is 6.92 Å². The Hall–Kier alpha value is -3.76. The molecular formula is C23H24F3N5O3.